The molecule has 0 radical (unpaired) electrons. The van der Waals surface area contributed by atoms with E-state index in [2.05, 4.69) is 4.90 Å². The molecule has 1 aliphatic carbocycles. The van der Waals surface area contributed by atoms with Gasteiger partial charge < -0.3 is 4.90 Å². The predicted molar refractivity (Wildman–Crippen MR) is 38.7 cm³/mol. The molecular formula is C8H13F2N. The second-order valence-corrected chi connectivity index (χ2v) is 4.01. The minimum Gasteiger partial charge on any atom is -0.306 e. The molecule has 0 aromatic rings. The SMILES string of the molecule is CN1CC2CC(F)(F)CC2C1. The van der Waals surface area contributed by atoms with Crippen LogP contribution >= 0.6 is 0 Å². The standard InChI is InChI=1S/C8H13F2N/c1-11-4-6-2-8(9,10)3-7(6)5-11/h6-7H,2-5H2,1H3. The summed E-state index contributed by atoms with van der Waals surface area (Å²) < 4.78 is 25.5. The van der Waals surface area contributed by atoms with Crippen molar-refractivity contribution in [3.63, 3.8) is 0 Å². The van der Waals surface area contributed by atoms with Crippen molar-refractivity contribution < 1.29 is 8.78 Å². The number of rotatable bonds is 0. The Labute approximate surface area is 65.4 Å². The monoisotopic (exact) mass is 161 g/mol. The summed E-state index contributed by atoms with van der Waals surface area (Å²) in [6, 6.07) is 0. The smallest absolute Gasteiger partial charge is 0.248 e. The number of hydrogen-bond acceptors (Lipinski definition) is 1. The van der Waals surface area contributed by atoms with Gasteiger partial charge in [-0.05, 0) is 18.9 Å². The molecule has 0 aromatic heterocycles. The third kappa shape index (κ3) is 1.26. The number of likely N-dealkylation sites (tertiary alicyclic amines) is 1. The van der Waals surface area contributed by atoms with Crippen molar-refractivity contribution in [1.29, 1.82) is 0 Å². The first kappa shape index (κ1) is 7.47. The van der Waals surface area contributed by atoms with E-state index in [4.69, 9.17) is 0 Å². The first-order valence-electron chi connectivity index (χ1n) is 4.13. The first-order chi connectivity index (χ1) is 5.07. The Morgan fingerprint density at radius 3 is 2.09 bits per heavy atom. The lowest BCUT2D eigenvalue weighted by atomic mass is 10.0. The summed E-state index contributed by atoms with van der Waals surface area (Å²) in [7, 11) is 2.01. The van der Waals surface area contributed by atoms with E-state index in [-0.39, 0.29) is 24.7 Å². The van der Waals surface area contributed by atoms with Crippen molar-refractivity contribution in [3.05, 3.63) is 0 Å². The van der Waals surface area contributed by atoms with Gasteiger partial charge in [-0.25, -0.2) is 8.78 Å². The molecule has 2 atom stereocenters. The number of hydrogen-bond donors (Lipinski definition) is 0. The van der Waals surface area contributed by atoms with Crippen LogP contribution in [0.15, 0.2) is 0 Å². The number of fused-ring (bicyclic) bond motifs is 1. The maximum atomic E-state index is 12.8. The van der Waals surface area contributed by atoms with E-state index in [1.807, 2.05) is 7.05 Å². The zero-order valence-corrected chi connectivity index (χ0v) is 6.69. The summed E-state index contributed by atoms with van der Waals surface area (Å²) in [5.74, 6) is -1.80. The van der Waals surface area contributed by atoms with Crippen molar-refractivity contribution in [3.8, 4) is 0 Å². The lowest BCUT2D eigenvalue weighted by Crippen LogP contribution is -2.20. The summed E-state index contributed by atoms with van der Waals surface area (Å²) in [6.45, 7) is 1.75. The number of alkyl halides is 2. The molecule has 0 aromatic carbocycles. The van der Waals surface area contributed by atoms with Crippen molar-refractivity contribution in [2.75, 3.05) is 20.1 Å². The van der Waals surface area contributed by atoms with Crippen LogP contribution in [0.3, 0.4) is 0 Å². The van der Waals surface area contributed by atoms with Gasteiger partial charge in [-0.3, -0.25) is 0 Å². The maximum absolute atomic E-state index is 12.8. The molecule has 2 rings (SSSR count). The highest BCUT2D eigenvalue weighted by molar-refractivity contribution is 4.94. The highest BCUT2D eigenvalue weighted by Crippen LogP contribution is 2.46. The van der Waals surface area contributed by atoms with Crippen LogP contribution in [0.2, 0.25) is 0 Å². The summed E-state index contributed by atoms with van der Waals surface area (Å²) >= 11 is 0. The van der Waals surface area contributed by atoms with Crippen LogP contribution in [0.5, 0.6) is 0 Å². The van der Waals surface area contributed by atoms with E-state index in [1.165, 1.54) is 0 Å². The van der Waals surface area contributed by atoms with Crippen LogP contribution in [-0.2, 0) is 0 Å². The van der Waals surface area contributed by atoms with E-state index in [9.17, 15) is 8.78 Å². The van der Waals surface area contributed by atoms with Gasteiger partial charge in [0.1, 0.15) is 0 Å². The van der Waals surface area contributed by atoms with Gasteiger partial charge in [-0.1, -0.05) is 0 Å². The largest absolute Gasteiger partial charge is 0.306 e. The molecule has 1 saturated heterocycles. The van der Waals surface area contributed by atoms with E-state index in [0.29, 0.717) is 0 Å². The molecule has 0 amide bonds. The zero-order valence-electron chi connectivity index (χ0n) is 6.69. The van der Waals surface area contributed by atoms with Gasteiger partial charge in [0.05, 0.1) is 0 Å². The molecule has 0 bridgehead atoms. The Balaban J connectivity index is 2.04. The minimum atomic E-state index is -2.35. The lowest BCUT2D eigenvalue weighted by Gasteiger charge is -2.13. The number of halogens is 2. The summed E-state index contributed by atoms with van der Waals surface area (Å²) in [5.41, 5.74) is 0. The van der Waals surface area contributed by atoms with Gasteiger partial charge >= 0.3 is 0 Å². The van der Waals surface area contributed by atoms with E-state index in [0.717, 1.165) is 13.1 Å². The molecule has 2 unspecified atom stereocenters. The lowest BCUT2D eigenvalue weighted by molar-refractivity contribution is -0.00180. The molecule has 1 saturated carbocycles. The van der Waals surface area contributed by atoms with Crippen molar-refractivity contribution in [2.45, 2.75) is 18.8 Å². The summed E-state index contributed by atoms with van der Waals surface area (Å²) in [5, 5.41) is 0. The molecule has 3 heteroatoms. The van der Waals surface area contributed by atoms with Crippen molar-refractivity contribution in [1.82, 2.24) is 4.90 Å². The summed E-state index contributed by atoms with van der Waals surface area (Å²) in [4.78, 5) is 2.16. The fourth-order valence-corrected chi connectivity index (χ4v) is 2.49. The van der Waals surface area contributed by atoms with Crippen LogP contribution in [-0.4, -0.2) is 31.0 Å². The van der Waals surface area contributed by atoms with Crippen LogP contribution in [0.1, 0.15) is 12.8 Å². The first-order valence-corrected chi connectivity index (χ1v) is 4.13. The Kier molecular flexibility index (Phi) is 1.46. The second kappa shape index (κ2) is 2.16. The average molecular weight is 161 g/mol. The average Bonchev–Trinajstić information content (AvgIpc) is 2.17. The highest BCUT2D eigenvalue weighted by Gasteiger charge is 2.49. The quantitative estimate of drug-likeness (QED) is 0.521. The third-order valence-corrected chi connectivity index (χ3v) is 2.88. The Morgan fingerprint density at radius 1 is 1.18 bits per heavy atom. The van der Waals surface area contributed by atoms with Gasteiger partial charge in [-0.2, -0.15) is 0 Å². The van der Waals surface area contributed by atoms with Gasteiger partial charge in [-0.15, -0.1) is 0 Å². The molecular weight excluding hydrogens is 148 g/mol. The predicted octanol–water partition coefficient (Wildman–Crippen LogP) is 1.59. The fourth-order valence-electron chi connectivity index (χ4n) is 2.49. The van der Waals surface area contributed by atoms with Crippen LogP contribution in [0.25, 0.3) is 0 Å². The highest BCUT2D eigenvalue weighted by atomic mass is 19.3. The zero-order chi connectivity index (χ0) is 8.06. The molecule has 0 N–H and O–H groups in total. The topological polar surface area (TPSA) is 3.24 Å². The van der Waals surface area contributed by atoms with Crippen molar-refractivity contribution >= 4 is 0 Å². The third-order valence-electron chi connectivity index (χ3n) is 2.88. The van der Waals surface area contributed by atoms with E-state index in [1.54, 1.807) is 0 Å². The molecule has 1 aliphatic heterocycles. The Morgan fingerprint density at radius 2 is 1.64 bits per heavy atom. The summed E-state index contributed by atoms with van der Waals surface area (Å²) in [6.07, 6.45) is 0.254. The van der Waals surface area contributed by atoms with Gasteiger partial charge in [0.15, 0.2) is 0 Å². The molecule has 2 fully saturated rings. The second-order valence-electron chi connectivity index (χ2n) is 4.01. The molecule has 2 aliphatic rings. The van der Waals surface area contributed by atoms with Crippen LogP contribution in [0.4, 0.5) is 8.78 Å². The maximum Gasteiger partial charge on any atom is 0.248 e. The molecule has 1 heterocycles. The van der Waals surface area contributed by atoms with Gasteiger partial charge in [0.25, 0.3) is 0 Å². The molecule has 64 valence electrons. The molecule has 0 spiro atoms. The fraction of sp³-hybridized carbons (Fsp3) is 1.00. The normalized spacial score (nSPS) is 42.8. The molecule has 1 nitrogen and oxygen atoms in total. The van der Waals surface area contributed by atoms with E-state index >= 15 is 0 Å². The Hall–Kier alpha value is -0.180. The van der Waals surface area contributed by atoms with E-state index < -0.39 is 5.92 Å². The minimum absolute atomic E-state index is 0.127. The van der Waals surface area contributed by atoms with Crippen LogP contribution < -0.4 is 0 Å². The van der Waals surface area contributed by atoms with Crippen molar-refractivity contribution in [2.24, 2.45) is 11.8 Å². The van der Waals surface area contributed by atoms with Gasteiger partial charge in [0, 0.05) is 25.9 Å². The van der Waals surface area contributed by atoms with Gasteiger partial charge in [0.2, 0.25) is 5.92 Å². The molecule has 11 heavy (non-hydrogen) atoms. The van der Waals surface area contributed by atoms with Crippen LogP contribution in [0, 0.1) is 11.8 Å². The number of nitrogens with zero attached hydrogens (tertiary/aromatic N) is 1. The Bertz CT molecular complexity index is 153.